The molecule has 1 aromatic rings. The molecule has 0 aliphatic heterocycles. The zero-order chi connectivity index (χ0) is 9.84. The predicted molar refractivity (Wildman–Crippen MR) is 50.0 cm³/mol. The number of aryl methyl sites for hydroxylation is 1. The first kappa shape index (κ1) is 9.73. The van der Waals surface area contributed by atoms with Crippen LogP contribution in [0.15, 0.2) is 10.9 Å². The zero-order valence-electron chi connectivity index (χ0n) is 7.74. The van der Waals surface area contributed by atoms with Crippen LogP contribution in [0.25, 0.3) is 0 Å². The molecule has 0 saturated heterocycles. The Balaban J connectivity index is 2.94. The molecule has 0 aliphatic rings. The Morgan fingerprint density at radius 1 is 1.69 bits per heavy atom. The van der Waals surface area contributed by atoms with Crippen molar-refractivity contribution in [3.63, 3.8) is 0 Å². The smallest absolute Gasteiger partial charge is 0.252 e. The summed E-state index contributed by atoms with van der Waals surface area (Å²) in [4.78, 5) is 19.4. The van der Waals surface area contributed by atoms with Crippen LogP contribution in [0.2, 0.25) is 0 Å². The van der Waals surface area contributed by atoms with Crippen LogP contribution in [-0.2, 0) is 0 Å². The van der Waals surface area contributed by atoms with E-state index in [0.717, 1.165) is 0 Å². The van der Waals surface area contributed by atoms with E-state index >= 15 is 0 Å². The van der Waals surface area contributed by atoms with Gasteiger partial charge in [-0.1, -0.05) is 0 Å². The Morgan fingerprint density at radius 3 is 2.92 bits per heavy atom. The SMILES string of the molecule is Cc1cc(=O)[nH]c(N(C)CCO)n1. The molecule has 2 N–H and O–H groups in total. The van der Waals surface area contributed by atoms with Gasteiger partial charge in [-0.15, -0.1) is 0 Å². The highest BCUT2D eigenvalue weighted by Gasteiger charge is 2.02. The summed E-state index contributed by atoms with van der Waals surface area (Å²) in [6.45, 7) is 2.24. The van der Waals surface area contributed by atoms with Crippen molar-refractivity contribution in [2.45, 2.75) is 6.92 Å². The van der Waals surface area contributed by atoms with Gasteiger partial charge in [-0.05, 0) is 6.92 Å². The summed E-state index contributed by atoms with van der Waals surface area (Å²) in [5, 5.41) is 8.68. The van der Waals surface area contributed by atoms with E-state index in [2.05, 4.69) is 9.97 Å². The number of H-pyrrole nitrogens is 1. The number of likely N-dealkylation sites (N-methyl/N-ethyl adjacent to an activating group) is 1. The molecule has 0 bridgehead atoms. The van der Waals surface area contributed by atoms with Crippen LogP contribution in [-0.4, -0.2) is 35.3 Å². The van der Waals surface area contributed by atoms with Crippen molar-refractivity contribution in [3.05, 3.63) is 22.1 Å². The first-order valence-corrected chi connectivity index (χ1v) is 4.03. The molecular weight excluding hydrogens is 170 g/mol. The summed E-state index contributed by atoms with van der Waals surface area (Å²) in [6.07, 6.45) is 0. The number of aromatic nitrogens is 2. The topological polar surface area (TPSA) is 69.2 Å². The number of rotatable bonds is 3. The van der Waals surface area contributed by atoms with Crippen LogP contribution in [0.3, 0.4) is 0 Å². The first-order valence-electron chi connectivity index (χ1n) is 4.03. The minimum Gasteiger partial charge on any atom is -0.395 e. The van der Waals surface area contributed by atoms with Crippen LogP contribution in [0.4, 0.5) is 5.95 Å². The van der Waals surface area contributed by atoms with E-state index in [-0.39, 0.29) is 12.2 Å². The van der Waals surface area contributed by atoms with Crippen LogP contribution in [0.1, 0.15) is 5.69 Å². The molecule has 0 amide bonds. The summed E-state index contributed by atoms with van der Waals surface area (Å²) in [5.74, 6) is 0.485. The van der Waals surface area contributed by atoms with E-state index in [4.69, 9.17) is 5.11 Å². The van der Waals surface area contributed by atoms with E-state index in [1.165, 1.54) is 6.07 Å². The molecule has 1 heterocycles. The maximum absolute atomic E-state index is 11.0. The molecule has 13 heavy (non-hydrogen) atoms. The van der Waals surface area contributed by atoms with Gasteiger partial charge in [0.1, 0.15) is 0 Å². The monoisotopic (exact) mass is 183 g/mol. The Morgan fingerprint density at radius 2 is 2.38 bits per heavy atom. The standard InChI is InChI=1S/C8H13N3O2/c1-6-5-7(13)10-8(9-6)11(2)3-4-12/h5,12H,3-4H2,1-2H3,(H,9,10,13). The normalized spacial score (nSPS) is 10.1. The lowest BCUT2D eigenvalue weighted by atomic mass is 10.4. The molecular formula is C8H13N3O2. The van der Waals surface area contributed by atoms with E-state index in [9.17, 15) is 4.79 Å². The highest BCUT2D eigenvalue weighted by Crippen LogP contribution is 2.00. The van der Waals surface area contributed by atoms with Crippen LogP contribution >= 0.6 is 0 Å². The van der Waals surface area contributed by atoms with Crippen molar-refractivity contribution in [3.8, 4) is 0 Å². The van der Waals surface area contributed by atoms with Gasteiger partial charge in [0, 0.05) is 25.4 Å². The predicted octanol–water partition coefficient (Wildman–Crippen LogP) is -0.493. The zero-order valence-corrected chi connectivity index (χ0v) is 7.74. The van der Waals surface area contributed by atoms with Crippen molar-refractivity contribution in [1.29, 1.82) is 0 Å². The second kappa shape index (κ2) is 4.04. The van der Waals surface area contributed by atoms with Gasteiger partial charge in [-0.3, -0.25) is 9.78 Å². The number of nitrogens with one attached hydrogen (secondary N) is 1. The third-order valence-electron chi connectivity index (χ3n) is 1.65. The van der Waals surface area contributed by atoms with Gasteiger partial charge in [0.05, 0.1) is 6.61 Å². The lowest BCUT2D eigenvalue weighted by Crippen LogP contribution is -2.26. The van der Waals surface area contributed by atoms with Crippen molar-refractivity contribution in [2.75, 3.05) is 25.1 Å². The molecule has 0 atom stereocenters. The molecule has 0 radical (unpaired) electrons. The van der Waals surface area contributed by atoms with E-state index in [1.54, 1.807) is 18.9 Å². The lowest BCUT2D eigenvalue weighted by Gasteiger charge is -2.15. The van der Waals surface area contributed by atoms with E-state index in [0.29, 0.717) is 18.2 Å². The fourth-order valence-electron chi connectivity index (χ4n) is 1.000. The molecule has 0 saturated carbocycles. The maximum atomic E-state index is 11.0. The molecule has 0 aromatic carbocycles. The largest absolute Gasteiger partial charge is 0.395 e. The summed E-state index contributed by atoms with van der Waals surface area (Å²) >= 11 is 0. The molecule has 5 nitrogen and oxygen atoms in total. The Kier molecular flexibility index (Phi) is 3.02. The average Bonchev–Trinajstić information content (AvgIpc) is 2.03. The third kappa shape index (κ3) is 2.55. The van der Waals surface area contributed by atoms with Crippen molar-refractivity contribution < 1.29 is 5.11 Å². The number of nitrogens with zero attached hydrogens (tertiary/aromatic N) is 2. The fraction of sp³-hybridized carbons (Fsp3) is 0.500. The van der Waals surface area contributed by atoms with Crippen LogP contribution in [0.5, 0.6) is 0 Å². The van der Waals surface area contributed by atoms with Gasteiger partial charge >= 0.3 is 0 Å². The Bertz CT molecular complexity index is 334. The minimum atomic E-state index is -0.174. The number of hydrogen-bond acceptors (Lipinski definition) is 4. The molecule has 0 fully saturated rings. The quantitative estimate of drug-likeness (QED) is 0.663. The molecule has 0 spiro atoms. The molecule has 5 heteroatoms. The fourth-order valence-corrected chi connectivity index (χ4v) is 1.000. The third-order valence-corrected chi connectivity index (χ3v) is 1.65. The summed E-state index contributed by atoms with van der Waals surface area (Å²) in [7, 11) is 1.76. The second-order valence-corrected chi connectivity index (χ2v) is 2.86. The highest BCUT2D eigenvalue weighted by molar-refractivity contribution is 5.28. The maximum Gasteiger partial charge on any atom is 0.252 e. The van der Waals surface area contributed by atoms with E-state index in [1.807, 2.05) is 0 Å². The van der Waals surface area contributed by atoms with Gasteiger partial charge in [-0.25, -0.2) is 4.98 Å². The van der Waals surface area contributed by atoms with E-state index < -0.39 is 0 Å². The Labute approximate surface area is 76.0 Å². The molecule has 0 unspecified atom stereocenters. The van der Waals surface area contributed by atoms with Crippen LogP contribution < -0.4 is 10.5 Å². The summed E-state index contributed by atoms with van der Waals surface area (Å²) in [6, 6.07) is 1.43. The molecule has 72 valence electrons. The van der Waals surface area contributed by atoms with Crippen LogP contribution in [0, 0.1) is 6.92 Å². The summed E-state index contributed by atoms with van der Waals surface area (Å²) < 4.78 is 0. The Hall–Kier alpha value is -1.36. The summed E-state index contributed by atoms with van der Waals surface area (Å²) in [5.41, 5.74) is 0.496. The number of anilines is 1. The van der Waals surface area contributed by atoms with Gasteiger partial charge in [0.25, 0.3) is 5.56 Å². The second-order valence-electron chi connectivity index (χ2n) is 2.86. The highest BCUT2D eigenvalue weighted by atomic mass is 16.3. The number of aromatic amines is 1. The van der Waals surface area contributed by atoms with Gasteiger partial charge in [0.15, 0.2) is 0 Å². The van der Waals surface area contributed by atoms with Crippen molar-refractivity contribution in [2.24, 2.45) is 0 Å². The lowest BCUT2D eigenvalue weighted by molar-refractivity contribution is 0.303. The number of aliphatic hydroxyl groups excluding tert-OH is 1. The van der Waals surface area contributed by atoms with Gasteiger partial charge < -0.3 is 10.0 Å². The van der Waals surface area contributed by atoms with Crippen molar-refractivity contribution in [1.82, 2.24) is 9.97 Å². The molecule has 1 rings (SSSR count). The minimum absolute atomic E-state index is 0.0359. The number of hydrogen-bond donors (Lipinski definition) is 2. The molecule has 0 aliphatic carbocycles. The van der Waals surface area contributed by atoms with Crippen molar-refractivity contribution >= 4 is 5.95 Å². The first-order chi connectivity index (χ1) is 6.13. The number of aliphatic hydroxyl groups is 1. The molecule has 1 aromatic heterocycles. The van der Waals surface area contributed by atoms with Gasteiger partial charge in [0.2, 0.25) is 5.95 Å². The van der Waals surface area contributed by atoms with Gasteiger partial charge in [-0.2, -0.15) is 0 Å². The average molecular weight is 183 g/mol.